The number of pyridine rings is 4. The first-order chi connectivity index (χ1) is 22.4. The lowest BCUT2D eigenvalue weighted by atomic mass is 9.80. The van der Waals surface area contributed by atoms with Gasteiger partial charge in [0.15, 0.2) is 5.78 Å². The Labute approximate surface area is 269 Å². The van der Waals surface area contributed by atoms with E-state index in [9.17, 15) is 0 Å². The van der Waals surface area contributed by atoms with Crippen LogP contribution in [-0.2, 0) is 17.6 Å². The molecule has 46 heavy (non-hydrogen) atoms. The second kappa shape index (κ2) is 13.9. The molecule has 0 aliphatic heterocycles. The van der Waals surface area contributed by atoms with E-state index in [4.69, 9.17) is 19.4 Å². The Balaban J connectivity index is 1.44. The topological polar surface area (TPSA) is 87.1 Å². The number of benzene rings is 2. The summed E-state index contributed by atoms with van der Waals surface area (Å²) in [7, 11) is 0. The zero-order valence-electron chi connectivity index (χ0n) is 26.7. The molecule has 232 valence electrons. The summed E-state index contributed by atoms with van der Waals surface area (Å²) in [5, 5.41) is 1.98. The van der Waals surface area contributed by atoms with Crippen molar-refractivity contribution in [1.29, 1.82) is 0 Å². The second-order valence-corrected chi connectivity index (χ2v) is 11.5. The van der Waals surface area contributed by atoms with E-state index in [0.29, 0.717) is 26.1 Å². The highest BCUT2D eigenvalue weighted by Crippen LogP contribution is 2.34. The molecule has 7 nitrogen and oxygen atoms in total. The van der Waals surface area contributed by atoms with Gasteiger partial charge in [-0.25, -0.2) is 0 Å². The van der Waals surface area contributed by atoms with Gasteiger partial charge in [0.1, 0.15) is 11.5 Å². The number of ketones is 1. The number of ether oxygens (including phenoxy) is 2. The highest BCUT2D eigenvalue weighted by Gasteiger charge is 2.32. The van der Waals surface area contributed by atoms with Gasteiger partial charge in [0.25, 0.3) is 0 Å². The number of aromatic nitrogens is 4. The van der Waals surface area contributed by atoms with Crippen molar-refractivity contribution in [3.63, 3.8) is 0 Å². The molecule has 6 aromatic rings. The van der Waals surface area contributed by atoms with Crippen LogP contribution in [0.15, 0.2) is 97.3 Å². The number of hydrogen-bond acceptors (Lipinski definition) is 7. The highest BCUT2D eigenvalue weighted by atomic mass is 16.5. The van der Waals surface area contributed by atoms with E-state index in [2.05, 4.69) is 9.97 Å². The molecule has 0 radical (unpaired) electrons. The number of rotatable bonds is 12. The van der Waals surface area contributed by atoms with E-state index in [1.807, 2.05) is 113 Å². The Morgan fingerprint density at radius 3 is 1.50 bits per heavy atom. The highest BCUT2D eigenvalue weighted by molar-refractivity contribution is 5.93. The van der Waals surface area contributed by atoms with Crippen LogP contribution in [0.1, 0.15) is 59.6 Å². The summed E-state index contributed by atoms with van der Waals surface area (Å²) >= 11 is 0. The number of carbonyl (C=O) groups is 1. The van der Waals surface area contributed by atoms with Gasteiger partial charge in [0, 0.05) is 46.7 Å². The molecule has 6 rings (SSSR count). The fraction of sp³-hybridized carbons (Fsp3) is 0.256. The molecule has 0 aliphatic rings. The third kappa shape index (κ3) is 6.74. The van der Waals surface area contributed by atoms with Gasteiger partial charge in [-0.3, -0.25) is 24.7 Å². The number of hydrogen-bond donors (Lipinski definition) is 0. The number of aryl methyl sites for hydroxylation is 2. The minimum Gasteiger partial charge on any atom is -0.494 e. The molecule has 7 heteroatoms. The SMILES string of the molecule is CCOc1ccc2c(CC(C(=O)C(Cc3ccnc4cc(OCC)ccc34)c3cccc(C)n3)c3cccc(C)n3)ccnc2c1. The van der Waals surface area contributed by atoms with E-state index in [-0.39, 0.29) is 5.78 Å². The van der Waals surface area contributed by atoms with Crippen molar-refractivity contribution in [1.82, 2.24) is 19.9 Å². The van der Waals surface area contributed by atoms with Crippen LogP contribution in [0.5, 0.6) is 11.5 Å². The third-order valence-corrected chi connectivity index (χ3v) is 8.30. The summed E-state index contributed by atoms with van der Waals surface area (Å²) in [4.78, 5) is 34.1. The van der Waals surface area contributed by atoms with Gasteiger partial charge in [-0.2, -0.15) is 0 Å². The molecule has 4 aromatic heterocycles. The van der Waals surface area contributed by atoms with E-state index in [1.54, 1.807) is 12.4 Å². The lowest BCUT2D eigenvalue weighted by molar-refractivity contribution is -0.122. The van der Waals surface area contributed by atoms with Crippen molar-refractivity contribution in [2.24, 2.45) is 0 Å². The first kappa shape index (κ1) is 30.8. The lowest BCUT2D eigenvalue weighted by Crippen LogP contribution is -2.26. The van der Waals surface area contributed by atoms with E-state index in [0.717, 1.165) is 67.2 Å². The number of fused-ring (bicyclic) bond motifs is 2. The van der Waals surface area contributed by atoms with Gasteiger partial charge < -0.3 is 9.47 Å². The maximum atomic E-state index is 15.1. The molecule has 2 atom stereocenters. The van der Waals surface area contributed by atoms with Crippen molar-refractivity contribution >= 4 is 27.6 Å². The van der Waals surface area contributed by atoms with Crippen LogP contribution in [-0.4, -0.2) is 38.9 Å². The van der Waals surface area contributed by atoms with E-state index in [1.165, 1.54) is 0 Å². The third-order valence-electron chi connectivity index (χ3n) is 8.30. The van der Waals surface area contributed by atoms with Crippen LogP contribution in [0.3, 0.4) is 0 Å². The lowest BCUT2D eigenvalue weighted by Gasteiger charge is -2.24. The Kier molecular flexibility index (Phi) is 9.29. The summed E-state index contributed by atoms with van der Waals surface area (Å²) in [5.74, 6) is 0.597. The molecule has 0 saturated carbocycles. The predicted molar refractivity (Wildman–Crippen MR) is 182 cm³/mol. The van der Waals surface area contributed by atoms with Crippen molar-refractivity contribution in [2.75, 3.05) is 13.2 Å². The fourth-order valence-corrected chi connectivity index (χ4v) is 6.14. The van der Waals surface area contributed by atoms with Crippen LogP contribution in [0.2, 0.25) is 0 Å². The van der Waals surface area contributed by atoms with Gasteiger partial charge in [-0.1, -0.05) is 12.1 Å². The fourth-order valence-electron chi connectivity index (χ4n) is 6.14. The molecule has 2 unspecified atom stereocenters. The van der Waals surface area contributed by atoms with Crippen molar-refractivity contribution in [3.05, 3.63) is 131 Å². The van der Waals surface area contributed by atoms with Crippen LogP contribution in [0, 0.1) is 13.8 Å². The molecule has 0 amide bonds. The number of Topliss-reactive ketones (excluding diaryl/α,β-unsaturated/α-hetero) is 1. The van der Waals surface area contributed by atoms with Gasteiger partial charge in [0.2, 0.25) is 0 Å². The van der Waals surface area contributed by atoms with Gasteiger partial charge in [-0.05, 0) is 112 Å². The second-order valence-electron chi connectivity index (χ2n) is 11.5. The first-order valence-electron chi connectivity index (χ1n) is 15.8. The Morgan fingerprint density at radius 1 is 0.630 bits per heavy atom. The average molecular weight is 611 g/mol. The monoisotopic (exact) mass is 610 g/mol. The minimum absolute atomic E-state index is 0.0722. The summed E-state index contributed by atoms with van der Waals surface area (Å²) in [6, 6.07) is 27.7. The number of carbonyl (C=O) groups excluding carboxylic acids is 1. The molecular formula is C39H38N4O3. The van der Waals surface area contributed by atoms with Gasteiger partial charge in [-0.15, -0.1) is 0 Å². The van der Waals surface area contributed by atoms with Crippen molar-refractivity contribution in [2.45, 2.75) is 52.4 Å². The van der Waals surface area contributed by atoms with Gasteiger partial charge >= 0.3 is 0 Å². The summed E-state index contributed by atoms with van der Waals surface area (Å²) in [5.41, 5.74) is 6.96. The van der Waals surface area contributed by atoms with Gasteiger partial charge in [0.05, 0.1) is 47.5 Å². The van der Waals surface area contributed by atoms with Crippen molar-refractivity contribution in [3.8, 4) is 11.5 Å². The zero-order chi connectivity index (χ0) is 32.0. The van der Waals surface area contributed by atoms with Crippen LogP contribution < -0.4 is 9.47 Å². The summed E-state index contributed by atoms with van der Waals surface area (Å²) < 4.78 is 11.5. The normalized spacial score (nSPS) is 12.6. The summed E-state index contributed by atoms with van der Waals surface area (Å²) in [6.45, 7) is 9.00. The molecule has 4 heterocycles. The Morgan fingerprint density at radius 2 is 1.09 bits per heavy atom. The molecule has 2 aromatic carbocycles. The molecule has 0 spiro atoms. The average Bonchev–Trinajstić information content (AvgIpc) is 3.06. The van der Waals surface area contributed by atoms with E-state index >= 15 is 4.79 Å². The zero-order valence-corrected chi connectivity index (χ0v) is 26.7. The molecule has 0 fully saturated rings. The molecule has 0 saturated heterocycles. The maximum Gasteiger partial charge on any atom is 0.151 e. The van der Waals surface area contributed by atoms with Crippen molar-refractivity contribution < 1.29 is 14.3 Å². The Bertz CT molecular complexity index is 1870. The van der Waals surface area contributed by atoms with Crippen LogP contribution in [0.4, 0.5) is 0 Å². The van der Waals surface area contributed by atoms with Crippen LogP contribution >= 0.6 is 0 Å². The number of nitrogens with zero attached hydrogens (tertiary/aromatic N) is 4. The Hall–Kier alpha value is -5.17. The molecule has 0 N–H and O–H groups in total. The summed E-state index contributed by atoms with van der Waals surface area (Å²) in [6.07, 6.45) is 4.55. The standard InChI is InChI=1S/C39H38N4O3/c1-5-45-29-13-15-31-27(17-19-40-37(31)23-29)21-33(35-11-7-9-25(3)42-35)39(44)34(36-12-8-10-26(4)43-36)22-28-18-20-41-38-24-30(46-6-2)14-16-32(28)38/h7-20,23-24,33-34H,5-6,21-22H2,1-4H3. The molecule has 0 bridgehead atoms. The first-order valence-corrected chi connectivity index (χ1v) is 15.8. The maximum absolute atomic E-state index is 15.1. The van der Waals surface area contributed by atoms with E-state index < -0.39 is 11.8 Å². The molecular weight excluding hydrogens is 572 g/mol. The largest absolute Gasteiger partial charge is 0.494 e. The quantitative estimate of drug-likeness (QED) is 0.139. The smallest absolute Gasteiger partial charge is 0.151 e. The minimum atomic E-state index is -0.512. The van der Waals surface area contributed by atoms with Crippen LogP contribution in [0.25, 0.3) is 21.8 Å². The molecule has 0 aliphatic carbocycles. The predicted octanol–water partition coefficient (Wildman–Crippen LogP) is 7.91.